The fourth-order valence-electron chi connectivity index (χ4n) is 4.28. The highest BCUT2D eigenvalue weighted by Gasteiger charge is 2.30. The molecule has 3 aliphatic carbocycles. The van der Waals surface area contributed by atoms with Crippen molar-refractivity contribution in [3.63, 3.8) is 0 Å². The maximum absolute atomic E-state index is 13.6. The lowest BCUT2D eigenvalue weighted by Crippen LogP contribution is -2.24. The van der Waals surface area contributed by atoms with E-state index in [1.54, 1.807) is 7.11 Å². The Balaban J connectivity index is 1.59. The van der Waals surface area contributed by atoms with Gasteiger partial charge >= 0.3 is 5.97 Å². The van der Waals surface area contributed by atoms with E-state index in [9.17, 15) is 9.18 Å². The Bertz CT molecular complexity index is 645. The lowest BCUT2D eigenvalue weighted by Gasteiger charge is -2.32. The van der Waals surface area contributed by atoms with Crippen molar-refractivity contribution in [3.05, 3.63) is 35.1 Å². The summed E-state index contributed by atoms with van der Waals surface area (Å²) in [6.45, 7) is 0. The molecule has 0 saturated heterocycles. The standard InChI is InChI=1S/C21H28ClFO3S/c1-26-16-7-13(9-21(24)25)8-18(12-16)27-17-4-2-3-14(10-17)15-5-6-20(23)19(22)11-15/h3,5,7,13,17-20H,2,4,6,8-12H2,1H3,(H,24,25). The molecule has 3 nitrogen and oxygen atoms in total. The average Bonchev–Trinajstić information content (AvgIpc) is 2.63. The minimum absolute atomic E-state index is 0.0434. The van der Waals surface area contributed by atoms with E-state index in [1.807, 2.05) is 23.9 Å². The van der Waals surface area contributed by atoms with Crippen molar-refractivity contribution < 1.29 is 19.0 Å². The van der Waals surface area contributed by atoms with Crippen LogP contribution in [0.25, 0.3) is 0 Å². The number of allylic oxidation sites excluding steroid dienone is 6. The van der Waals surface area contributed by atoms with E-state index in [1.165, 1.54) is 11.1 Å². The van der Waals surface area contributed by atoms with Gasteiger partial charge in [0, 0.05) is 16.9 Å². The van der Waals surface area contributed by atoms with Crippen molar-refractivity contribution in [2.45, 2.75) is 73.4 Å². The fraction of sp³-hybridized carbons (Fsp3) is 0.667. The van der Waals surface area contributed by atoms with Crippen LogP contribution < -0.4 is 0 Å². The molecule has 0 fully saturated rings. The second-order valence-electron chi connectivity index (χ2n) is 7.73. The monoisotopic (exact) mass is 414 g/mol. The lowest BCUT2D eigenvalue weighted by atomic mass is 9.86. The zero-order valence-corrected chi connectivity index (χ0v) is 17.3. The summed E-state index contributed by atoms with van der Waals surface area (Å²) in [5, 5.41) is 9.60. The molecule has 0 heterocycles. The van der Waals surface area contributed by atoms with Crippen LogP contribution in [0, 0.1) is 5.92 Å². The summed E-state index contributed by atoms with van der Waals surface area (Å²) in [7, 11) is 1.66. The van der Waals surface area contributed by atoms with Crippen molar-refractivity contribution in [2.24, 2.45) is 5.92 Å². The number of alkyl halides is 2. The molecule has 0 aromatic heterocycles. The summed E-state index contributed by atoms with van der Waals surface area (Å²) < 4.78 is 19.1. The number of carboxylic acid groups (broad SMARTS) is 1. The highest BCUT2D eigenvalue weighted by Crippen LogP contribution is 2.42. The minimum atomic E-state index is -0.933. The predicted molar refractivity (Wildman–Crippen MR) is 109 cm³/mol. The number of rotatable bonds is 6. The van der Waals surface area contributed by atoms with Crippen LogP contribution in [0.2, 0.25) is 0 Å². The van der Waals surface area contributed by atoms with Gasteiger partial charge in [-0.25, -0.2) is 4.39 Å². The molecule has 0 aromatic rings. The third kappa shape index (κ3) is 5.77. The zero-order chi connectivity index (χ0) is 19.4. The van der Waals surface area contributed by atoms with Gasteiger partial charge in [-0.05, 0) is 61.7 Å². The van der Waals surface area contributed by atoms with Crippen LogP contribution in [0.1, 0.15) is 51.4 Å². The Labute approximate surface area is 170 Å². The third-order valence-electron chi connectivity index (χ3n) is 5.64. The molecular formula is C21H28ClFO3S. The summed E-state index contributed by atoms with van der Waals surface area (Å²) in [6, 6.07) is 0. The van der Waals surface area contributed by atoms with Crippen LogP contribution in [-0.4, -0.2) is 40.2 Å². The number of carboxylic acids is 1. The van der Waals surface area contributed by atoms with Gasteiger partial charge in [0.25, 0.3) is 0 Å². The van der Waals surface area contributed by atoms with Crippen LogP contribution in [0.3, 0.4) is 0 Å². The molecule has 5 unspecified atom stereocenters. The van der Waals surface area contributed by atoms with E-state index in [2.05, 4.69) is 6.08 Å². The largest absolute Gasteiger partial charge is 0.501 e. The van der Waals surface area contributed by atoms with E-state index in [4.69, 9.17) is 21.4 Å². The number of halogens is 2. The molecule has 6 heteroatoms. The van der Waals surface area contributed by atoms with Crippen LogP contribution in [0.15, 0.2) is 35.1 Å². The molecule has 27 heavy (non-hydrogen) atoms. The van der Waals surface area contributed by atoms with Crippen LogP contribution in [-0.2, 0) is 9.53 Å². The van der Waals surface area contributed by atoms with Crippen molar-refractivity contribution in [3.8, 4) is 0 Å². The van der Waals surface area contributed by atoms with Gasteiger partial charge in [-0.3, -0.25) is 4.79 Å². The Hall–Kier alpha value is -0.940. The van der Waals surface area contributed by atoms with E-state index < -0.39 is 17.5 Å². The van der Waals surface area contributed by atoms with E-state index in [0.29, 0.717) is 23.3 Å². The fourth-order valence-corrected chi connectivity index (χ4v) is 6.26. The first-order valence-corrected chi connectivity index (χ1v) is 11.1. The number of carbonyl (C=O) groups is 1. The van der Waals surface area contributed by atoms with Gasteiger partial charge < -0.3 is 9.84 Å². The molecule has 1 N–H and O–H groups in total. The van der Waals surface area contributed by atoms with Crippen molar-refractivity contribution in [2.75, 3.05) is 7.11 Å². The van der Waals surface area contributed by atoms with Crippen molar-refractivity contribution in [1.29, 1.82) is 0 Å². The van der Waals surface area contributed by atoms with Gasteiger partial charge in [-0.2, -0.15) is 11.8 Å². The predicted octanol–water partition coefficient (Wildman–Crippen LogP) is 5.65. The first-order chi connectivity index (χ1) is 12.9. The van der Waals surface area contributed by atoms with Gasteiger partial charge in [-0.1, -0.05) is 12.2 Å². The van der Waals surface area contributed by atoms with Gasteiger partial charge in [0.05, 0.1) is 24.7 Å². The normalized spacial score (nSPS) is 34.3. The summed E-state index contributed by atoms with van der Waals surface area (Å²) in [4.78, 5) is 11.1. The van der Waals surface area contributed by atoms with Gasteiger partial charge in [0.1, 0.15) is 6.17 Å². The summed E-state index contributed by atoms with van der Waals surface area (Å²) in [5.74, 6) is 0.193. The Morgan fingerprint density at radius 3 is 2.78 bits per heavy atom. The van der Waals surface area contributed by atoms with Crippen LogP contribution in [0.5, 0.6) is 0 Å². The molecule has 5 atom stereocenters. The van der Waals surface area contributed by atoms with Gasteiger partial charge in [0.15, 0.2) is 0 Å². The molecule has 0 saturated carbocycles. The molecule has 0 radical (unpaired) electrons. The number of hydrogen-bond acceptors (Lipinski definition) is 3. The Kier molecular flexibility index (Phi) is 7.32. The topological polar surface area (TPSA) is 46.5 Å². The molecule has 0 amide bonds. The Morgan fingerprint density at radius 1 is 1.30 bits per heavy atom. The first-order valence-electron chi connectivity index (χ1n) is 9.73. The number of hydrogen-bond donors (Lipinski definition) is 1. The maximum Gasteiger partial charge on any atom is 0.303 e. The minimum Gasteiger partial charge on any atom is -0.501 e. The smallest absolute Gasteiger partial charge is 0.303 e. The molecule has 0 aliphatic heterocycles. The summed E-state index contributed by atoms with van der Waals surface area (Å²) in [5.41, 5.74) is 2.55. The highest BCUT2D eigenvalue weighted by atomic mass is 35.5. The second-order valence-corrected chi connectivity index (χ2v) is 9.89. The third-order valence-corrected chi connectivity index (χ3v) is 7.60. The molecule has 3 rings (SSSR count). The molecule has 3 aliphatic rings. The first kappa shape index (κ1) is 20.8. The maximum atomic E-state index is 13.6. The van der Waals surface area contributed by atoms with E-state index in [-0.39, 0.29) is 12.3 Å². The zero-order valence-electron chi connectivity index (χ0n) is 15.7. The average molecular weight is 415 g/mol. The molecule has 0 bridgehead atoms. The second kappa shape index (κ2) is 9.51. The lowest BCUT2D eigenvalue weighted by molar-refractivity contribution is -0.137. The number of thioether (sulfide) groups is 1. The summed E-state index contributed by atoms with van der Waals surface area (Å²) in [6.07, 6.45) is 11.5. The Morgan fingerprint density at radius 2 is 2.07 bits per heavy atom. The number of ether oxygens (including phenoxy) is 1. The summed E-state index contributed by atoms with van der Waals surface area (Å²) >= 11 is 8.12. The van der Waals surface area contributed by atoms with E-state index in [0.717, 1.165) is 37.9 Å². The molecule has 0 spiro atoms. The van der Waals surface area contributed by atoms with Crippen LogP contribution in [0.4, 0.5) is 4.39 Å². The SMILES string of the molecule is COC1=CC(CC(=O)O)CC(SC2CCC=C(C3=CCC(F)C(Cl)C3)C2)C1. The van der Waals surface area contributed by atoms with Crippen molar-refractivity contribution >= 4 is 29.3 Å². The van der Waals surface area contributed by atoms with E-state index >= 15 is 0 Å². The van der Waals surface area contributed by atoms with Crippen molar-refractivity contribution in [1.82, 2.24) is 0 Å². The number of aliphatic carboxylic acids is 1. The highest BCUT2D eigenvalue weighted by molar-refractivity contribution is 8.00. The molecule has 150 valence electrons. The molecular weight excluding hydrogens is 387 g/mol. The van der Waals surface area contributed by atoms with Gasteiger partial charge in [0.2, 0.25) is 0 Å². The molecule has 0 aromatic carbocycles. The quantitative estimate of drug-likeness (QED) is 0.570. The van der Waals surface area contributed by atoms with Crippen LogP contribution >= 0.6 is 23.4 Å². The number of methoxy groups -OCH3 is 1. The van der Waals surface area contributed by atoms with Gasteiger partial charge in [-0.15, -0.1) is 11.6 Å².